The number of carbonyl (C=O) groups excluding carboxylic acids is 1. The summed E-state index contributed by atoms with van der Waals surface area (Å²) in [4.78, 5) is 13.2. The smallest absolute Gasteiger partial charge is 0.313 e. The fourth-order valence-corrected chi connectivity index (χ4v) is 2.56. The van der Waals surface area contributed by atoms with Crippen molar-refractivity contribution in [1.29, 1.82) is 0 Å². The van der Waals surface area contributed by atoms with Crippen LogP contribution in [0.3, 0.4) is 0 Å². The third kappa shape index (κ3) is 2.65. The number of rotatable bonds is 4. The van der Waals surface area contributed by atoms with Crippen molar-refractivity contribution in [2.24, 2.45) is 5.73 Å². The van der Waals surface area contributed by atoms with Gasteiger partial charge < -0.3 is 16.2 Å². The van der Waals surface area contributed by atoms with Crippen molar-refractivity contribution in [3.8, 4) is 0 Å². The third-order valence-corrected chi connectivity index (χ3v) is 3.49. The lowest BCUT2D eigenvalue weighted by Gasteiger charge is -2.47. The Labute approximate surface area is 97.0 Å². The first-order valence-corrected chi connectivity index (χ1v) is 6.03. The van der Waals surface area contributed by atoms with Gasteiger partial charge in [-0.2, -0.15) is 0 Å². The molecule has 4 N–H and O–H groups in total. The zero-order chi connectivity index (χ0) is 12.2. The maximum absolute atomic E-state index is 11.1. The molecular formula is C11H23N3O2. The average molecular weight is 229 g/mol. The number of likely N-dealkylation sites (tertiary alicyclic amines) is 1. The summed E-state index contributed by atoms with van der Waals surface area (Å²) in [5.74, 6) is 0. The molecule has 16 heavy (non-hydrogen) atoms. The van der Waals surface area contributed by atoms with Gasteiger partial charge in [-0.3, -0.25) is 4.90 Å². The van der Waals surface area contributed by atoms with E-state index in [1.165, 1.54) is 6.42 Å². The number of piperidine rings is 1. The molecule has 2 atom stereocenters. The number of hydrogen-bond acceptors (Lipinski definition) is 3. The molecule has 0 aromatic rings. The Balaban J connectivity index is 2.85. The minimum absolute atomic E-state index is 0.576. The first-order chi connectivity index (χ1) is 7.53. The van der Waals surface area contributed by atoms with Crippen molar-refractivity contribution in [1.82, 2.24) is 10.2 Å². The number of aliphatic hydroxyl groups excluding tert-OH is 1. The molecule has 0 aromatic heterocycles. The van der Waals surface area contributed by atoms with Gasteiger partial charge in [0.2, 0.25) is 0 Å². The Morgan fingerprint density at radius 3 is 2.44 bits per heavy atom. The van der Waals surface area contributed by atoms with Gasteiger partial charge in [0, 0.05) is 13.1 Å². The fraction of sp³-hybridized carbons (Fsp3) is 0.909. The fourth-order valence-electron chi connectivity index (χ4n) is 2.56. The molecule has 0 bridgehead atoms. The molecule has 2 unspecified atom stereocenters. The molecule has 1 saturated heterocycles. The number of aliphatic hydroxyl groups is 1. The van der Waals surface area contributed by atoms with Crippen molar-refractivity contribution >= 4 is 6.03 Å². The Morgan fingerprint density at radius 1 is 1.50 bits per heavy atom. The van der Waals surface area contributed by atoms with Crippen molar-refractivity contribution < 1.29 is 9.90 Å². The molecule has 1 aliphatic rings. The number of nitrogens with zero attached hydrogens (tertiary/aromatic N) is 1. The van der Waals surface area contributed by atoms with Crippen molar-refractivity contribution in [3.05, 3.63) is 0 Å². The number of urea groups is 1. The van der Waals surface area contributed by atoms with Crippen LogP contribution >= 0.6 is 0 Å². The standard InChI is InChI=1S/C11H23N3O2/c1-3-11(9(2)15,13-10(12)16)14-7-5-4-6-8-14/h9,15H,3-8H2,1-2H3,(H3,12,13,16). The summed E-state index contributed by atoms with van der Waals surface area (Å²) in [6.45, 7) is 5.46. The van der Waals surface area contributed by atoms with Crippen LogP contribution in [0.1, 0.15) is 39.5 Å². The van der Waals surface area contributed by atoms with Crippen molar-refractivity contribution in [2.75, 3.05) is 13.1 Å². The van der Waals surface area contributed by atoms with Crippen LogP contribution in [-0.4, -0.2) is 40.9 Å². The summed E-state index contributed by atoms with van der Waals surface area (Å²) in [6.07, 6.45) is 3.44. The summed E-state index contributed by atoms with van der Waals surface area (Å²) < 4.78 is 0. The second-order valence-electron chi connectivity index (χ2n) is 4.49. The number of nitrogens with two attached hydrogens (primary N) is 1. The maximum atomic E-state index is 11.1. The highest BCUT2D eigenvalue weighted by molar-refractivity contribution is 5.72. The highest BCUT2D eigenvalue weighted by Gasteiger charge is 2.41. The predicted molar refractivity (Wildman–Crippen MR) is 62.8 cm³/mol. The number of primary amides is 1. The Hall–Kier alpha value is -0.810. The Kier molecular flexibility index (Phi) is 4.56. The molecule has 0 radical (unpaired) electrons. The summed E-state index contributed by atoms with van der Waals surface area (Å²) >= 11 is 0. The van der Waals surface area contributed by atoms with Crippen LogP contribution in [0.25, 0.3) is 0 Å². The van der Waals surface area contributed by atoms with Gasteiger partial charge in [-0.1, -0.05) is 13.3 Å². The predicted octanol–water partition coefficient (Wildman–Crippen LogP) is 0.628. The van der Waals surface area contributed by atoms with Crippen LogP contribution in [-0.2, 0) is 0 Å². The first-order valence-electron chi connectivity index (χ1n) is 6.03. The molecule has 94 valence electrons. The molecular weight excluding hydrogens is 206 g/mol. The monoisotopic (exact) mass is 229 g/mol. The summed E-state index contributed by atoms with van der Waals surface area (Å²) in [7, 11) is 0. The van der Waals surface area contributed by atoms with Crippen LogP contribution in [0.2, 0.25) is 0 Å². The minimum Gasteiger partial charge on any atom is -0.390 e. The second-order valence-corrected chi connectivity index (χ2v) is 4.49. The van der Waals surface area contributed by atoms with Crippen LogP contribution in [0.4, 0.5) is 4.79 Å². The molecule has 0 saturated carbocycles. The number of hydrogen-bond donors (Lipinski definition) is 3. The summed E-state index contributed by atoms with van der Waals surface area (Å²) in [5, 5.41) is 12.7. The van der Waals surface area contributed by atoms with Crippen LogP contribution in [0.5, 0.6) is 0 Å². The first kappa shape index (κ1) is 13.3. The van der Waals surface area contributed by atoms with Gasteiger partial charge >= 0.3 is 6.03 Å². The summed E-state index contributed by atoms with van der Waals surface area (Å²) in [6, 6.07) is -0.576. The van der Waals surface area contributed by atoms with E-state index in [-0.39, 0.29) is 0 Å². The van der Waals surface area contributed by atoms with Crippen molar-refractivity contribution in [3.63, 3.8) is 0 Å². The Morgan fingerprint density at radius 2 is 2.06 bits per heavy atom. The SMILES string of the molecule is CCC(NC(N)=O)(C(C)O)N1CCCCC1. The number of amides is 2. The number of carbonyl (C=O) groups is 1. The number of nitrogens with one attached hydrogen (secondary N) is 1. The molecule has 5 nitrogen and oxygen atoms in total. The van der Waals surface area contributed by atoms with Crippen LogP contribution < -0.4 is 11.1 Å². The molecule has 2 amide bonds. The normalized spacial score (nSPS) is 23.4. The van der Waals surface area contributed by atoms with Gasteiger partial charge in [0.1, 0.15) is 5.66 Å². The van der Waals surface area contributed by atoms with E-state index in [1.54, 1.807) is 6.92 Å². The molecule has 0 aliphatic carbocycles. The highest BCUT2D eigenvalue weighted by Crippen LogP contribution is 2.25. The largest absolute Gasteiger partial charge is 0.390 e. The summed E-state index contributed by atoms with van der Waals surface area (Å²) in [5.41, 5.74) is 4.51. The molecule has 1 heterocycles. The Bertz CT molecular complexity index is 239. The van der Waals surface area contributed by atoms with Gasteiger partial charge in [-0.15, -0.1) is 0 Å². The lowest BCUT2D eigenvalue weighted by atomic mass is 9.95. The molecule has 1 aliphatic heterocycles. The van der Waals surface area contributed by atoms with E-state index in [0.717, 1.165) is 25.9 Å². The van der Waals surface area contributed by atoms with E-state index in [9.17, 15) is 9.90 Å². The highest BCUT2D eigenvalue weighted by atomic mass is 16.3. The third-order valence-electron chi connectivity index (χ3n) is 3.49. The van der Waals surface area contributed by atoms with Gasteiger partial charge in [-0.05, 0) is 26.2 Å². The van der Waals surface area contributed by atoms with E-state index < -0.39 is 17.8 Å². The zero-order valence-corrected chi connectivity index (χ0v) is 10.2. The van der Waals surface area contributed by atoms with Gasteiger partial charge in [0.25, 0.3) is 0 Å². The van der Waals surface area contributed by atoms with Crippen LogP contribution in [0.15, 0.2) is 0 Å². The van der Waals surface area contributed by atoms with E-state index in [2.05, 4.69) is 10.2 Å². The zero-order valence-electron chi connectivity index (χ0n) is 10.2. The van der Waals surface area contributed by atoms with Gasteiger partial charge in [0.15, 0.2) is 0 Å². The topological polar surface area (TPSA) is 78.6 Å². The van der Waals surface area contributed by atoms with Crippen LogP contribution in [0, 0.1) is 0 Å². The molecule has 1 fully saturated rings. The molecule has 5 heteroatoms. The second kappa shape index (κ2) is 5.50. The minimum atomic E-state index is -0.702. The van der Waals surface area contributed by atoms with Gasteiger partial charge in [-0.25, -0.2) is 4.79 Å². The molecule has 1 rings (SSSR count). The van der Waals surface area contributed by atoms with Gasteiger partial charge in [0.05, 0.1) is 6.10 Å². The van der Waals surface area contributed by atoms with E-state index >= 15 is 0 Å². The van der Waals surface area contributed by atoms with E-state index in [0.29, 0.717) is 6.42 Å². The molecule has 0 spiro atoms. The average Bonchev–Trinajstić information content (AvgIpc) is 2.26. The maximum Gasteiger partial charge on any atom is 0.313 e. The lowest BCUT2D eigenvalue weighted by molar-refractivity contribution is -0.0501. The van der Waals surface area contributed by atoms with E-state index in [1.807, 2.05) is 6.92 Å². The van der Waals surface area contributed by atoms with E-state index in [4.69, 9.17) is 5.73 Å². The quantitative estimate of drug-likeness (QED) is 0.661. The molecule has 0 aromatic carbocycles. The lowest BCUT2D eigenvalue weighted by Crippen LogP contribution is -2.67. The van der Waals surface area contributed by atoms with Crippen molar-refractivity contribution in [2.45, 2.75) is 51.3 Å².